The van der Waals surface area contributed by atoms with Gasteiger partial charge < -0.3 is 10.2 Å². The van der Waals surface area contributed by atoms with E-state index in [9.17, 15) is 4.79 Å². The fraction of sp³-hybridized carbons (Fsp3) is 0.562. The topological polar surface area (TPSA) is 32.3 Å². The predicted octanol–water partition coefficient (Wildman–Crippen LogP) is 2.25. The lowest BCUT2D eigenvalue weighted by molar-refractivity contribution is -0.122. The first kappa shape index (κ1) is 14.1. The van der Waals surface area contributed by atoms with E-state index in [2.05, 4.69) is 36.2 Å². The van der Waals surface area contributed by atoms with E-state index in [1.165, 1.54) is 5.56 Å². The lowest BCUT2D eigenvalue weighted by atomic mass is 10.1. The number of carbonyl (C=O) groups is 1. The third-order valence-corrected chi connectivity index (χ3v) is 3.98. The molecule has 1 fully saturated rings. The maximum absolute atomic E-state index is 12.0. The van der Waals surface area contributed by atoms with Gasteiger partial charge >= 0.3 is 0 Å². The molecule has 1 aromatic carbocycles. The number of amides is 1. The van der Waals surface area contributed by atoms with Crippen molar-refractivity contribution in [1.82, 2.24) is 10.2 Å². The second-order valence-electron chi connectivity index (χ2n) is 5.18. The molecular weight excluding hydrogens is 236 g/mol. The first-order valence-corrected chi connectivity index (χ1v) is 7.31. The molecule has 1 aromatic rings. The Morgan fingerprint density at radius 2 is 1.95 bits per heavy atom. The Labute approximate surface area is 116 Å². The van der Waals surface area contributed by atoms with Crippen LogP contribution in [0.2, 0.25) is 0 Å². The van der Waals surface area contributed by atoms with E-state index >= 15 is 0 Å². The van der Waals surface area contributed by atoms with Crippen LogP contribution in [0, 0.1) is 5.92 Å². The molecular formula is C16H24N2O. The molecule has 1 aliphatic carbocycles. The molecule has 0 heterocycles. The SMILES string of the molecule is CCN(CC)CCNC(=O)[C@H]1C[C@@H]1c1ccccc1. The summed E-state index contributed by atoms with van der Waals surface area (Å²) >= 11 is 0. The molecule has 104 valence electrons. The molecule has 19 heavy (non-hydrogen) atoms. The molecule has 0 unspecified atom stereocenters. The summed E-state index contributed by atoms with van der Waals surface area (Å²) in [7, 11) is 0. The number of hydrogen-bond donors (Lipinski definition) is 1. The van der Waals surface area contributed by atoms with Gasteiger partial charge in [-0.1, -0.05) is 44.2 Å². The minimum absolute atomic E-state index is 0.194. The highest BCUT2D eigenvalue weighted by Crippen LogP contribution is 2.47. The van der Waals surface area contributed by atoms with Gasteiger partial charge in [0.05, 0.1) is 0 Å². The van der Waals surface area contributed by atoms with Crippen molar-refractivity contribution in [3.05, 3.63) is 35.9 Å². The number of likely N-dealkylation sites (N-methyl/N-ethyl adjacent to an activating group) is 1. The Bertz CT molecular complexity index is 400. The molecule has 0 spiro atoms. The van der Waals surface area contributed by atoms with Gasteiger partial charge in [-0.3, -0.25) is 4.79 Å². The minimum atomic E-state index is 0.194. The van der Waals surface area contributed by atoms with Gasteiger partial charge in [0.1, 0.15) is 0 Å². The van der Waals surface area contributed by atoms with Gasteiger partial charge in [-0.15, -0.1) is 0 Å². The van der Waals surface area contributed by atoms with Crippen molar-refractivity contribution in [1.29, 1.82) is 0 Å². The highest BCUT2D eigenvalue weighted by Gasteiger charge is 2.43. The van der Waals surface area contributed by atoms with Gasteiger partial charge in [-0.25, -0.2) is 0 Å². The number of nitrogens with one attached hydrogen (secondary N) is 1. The molecule has 1 aliphatic rings. The van der Waals surface area contributed by atoms with Crippen LogP contribution in [0.4, 0.5) is 0 Å². The lowest BCUT2D eigenvalue weighted by Gasteiger charge is -2.17. The summed E-state index contributed by atoms with van der Waals surface area (Å²) in [6.07, 6.45) is 1.00. The number of carbonyl (C=O) groups excluding carboxylic acids is 1. The Balaban J connectivity index is 1.71. The van der Waals surface area contributed by atoms with Crippen LogP contribution < -0.4 is 5.32 Å². The molecule has 0 aliphatic heterocycles. The van der Waals surface area contributed by atoms with Crippen LogP contribution in [0.25, 0.3) is 0 Å². The van der Waals surface area contributed by atoms with Gasteiger partial charge in [0, 0.05) is 19.0 Å². The monoisotopic (exact) mass is 260 g/mol. The van der Waals surface area contributed by atoms with Crippen LogP contribution in [0.3, 0.4) is 0 Å². The van der Waals surface area contributed by atoms with Gasteiger partial charge in [0.15, 0.2) is 0 Å². The maximum atomic E-state index is 12.0. The molecule has 0 saturated heterocycles. The predicted molar refractivity (Wildman–Crippen MR) is 78.1 cm³/mol. The first-order chi connectivity index (χ1) is 9.26. The second kappa shape index (κ2) is 6.71. The van der Waals surface area contributed by atoms with Gasteiger partial charge in [-0.2, -0.15) is 0 Å². The fourth-order valence-electron chi connectivity index (χ4n) is 2.56. The molecule has 1 saturated carbocycles. The summed E-state index contributed by atoms with van der Waals surface area (Å²) in [6, 6.07) is 10.3. The average molecular weight is 260 g/mol. The van der Waals surface area contributed by atoms with Crippen molar-refractivity contribution in [2.45, 2.75) is 26.2 Å². The van der Waals surface area contributed by atoms with Crippen molar-refractivity contribution in [3.8, 4) is 0 Å². The lowest BCUT2D eigenvalue weighted by Crippen LogP contribution is -2.35. The normalized spacial score (nSPS) is 21.4. The van der Waals surface area contributed by atoms with E-state index < -0.39 is 0 Å². The van der Waals surface area contributed by atoms with Crippen LogP contribution in [-0.2, 0) is 4.79 Å². The van der Waals surface area contributed by atoms with Crippen molar-refractivity contribution in [2.75, 3.05) is 26.2 Å². The van der Waals surface area contributed by atoms with E-state index in [0.29, 0.717) is 5.92 Å². The summed E-state index contributed by atoms with van der Waals surface area (Å²) in [5, 5.41) is 3.06. The van der Waals surface area contributed by atoms with Crippen molar-refractivity contribution in [2.24, 2.45) is 5.92 Å². The highest BCUT2D eigenvalue weighted by atomic mass is 16.2. The Morgan fingerprint density at radius 1 is 1.26 bits per heavy atom. The summed E-state index contributed by atoms with van der Waals surface area (Å²) in [5.41, 5.74) is 1.30. The van der Waals surface area contributed by atoms with Crippen LogP contribution in [0.15, 0.2) is 30.3 Å². The number of nitrogens with zero attached hydrogens (tertiary/aromatic N) is 1. The fourth-order valence-corrected chi connectivity index (χ4v) is 2.56. The second-order valence-corrected chi connectivity index (χ2v) is 5.18. The zero-order chi connectivity index (χ0) is 13.7. The van der Waals surface area contributed by atoms with Crippen LogP contribution in [-0.4, -0.2) is 37.0 Å². The van der Waals surface area contributed by atoms with Crippen LogP contribution in [0.5, 0.6) is 0 Å². The molecule has 1 amide bonds. The summed E-state index contributed by atoms with van der Waals surface area (Å²) in [6.45, 7) is 8.10. The maximum Gasteiger partial charge on any atom is 0.223 e. The van der Waals surface area contributed by atoms with E-state index in [1.807, 2.05) is 18.2 Å². The van der Waals surface area contributed by atoms with Gasteiger partial charge in [-0.05, 0) is 31.0 Å². The Kier molecular flexibility index (Phi) is 4.97. The number of rotatable bonds is 7. The molecule has 1 N–H and O–H groups in total. The molecule has 0 bridgehead atoms. The minimum Gasteiger partial charge on any atom is -0.355 e. The third-order valence-electron chi connectivity index (χ3n) is 3.98. The Hall–Kier alpha value is -1.35. The number of hydrogen-bond acceptors (Lipinski definition) is 2. The first-order valence-electron chi connectivity index (χ1n) is 7.31. The van der Waals surface area contributed by atoms with Crippen molar-refractivity contribution >= 4 is 5.91 Å². The summed E-state index contributed by atoms with van der Waals surface area (Å²) in [5.74, 6) is 0.856. The van der Waals surface area contributed by atoms with E-state index in [0.717, 1.165) is 32.6 Å². The molecule has 3 heteroatoms. The van der Waals surface area contributed by atoms with E-state index in [1.54, 1.807) is 0 Å². The zero-order valence-electron chi connectivity index (χ0n) is 11.9. The standard InChI is InChI=1S/C16H24N2O/c1-3-18(4-2)11-10-17-16(19)15-12-14(15)13-8-6-5-7-9-13/h5-9,14-15H,3-4,10-12H2,1-2H3,(H,17,19)/t14-,15+/m1/s1. The van der Waals surface area contributed by atoms with E-state index in [4.69, 9.17) is 0 Å². The van der Waals surface area contributed by atoms with Gasteiger partial charge in [0.25, 0.3) is 0 Å². The quantitative estimate of drug-likeness (QED) is 0.815. The van der Waals surface area contributed by atoms with Crippen molar-refractivity contribution < 1.29 is 4.79 Å². The third kappa shape index (κ3) is 3.80. The van der Waals surface area contributed by atoms with Gasteiger partial charge in [0.2, 0.25) is 5.91 Å². The van der Waals surface area contributed by atoms with Crippen LogP contribution >= 0.6 is 0 Å². The summed E-state index contributed by atoms with van der Waals surface area (Å²) < 4.78 is 0. The smallest absolute Gasteiger partial charge is 0.223 e. The molecule has 3 nitrogen and oxygen atoms in total. The average Bonchev–Trinajstić information content (AvgIpc) is 3.25. The zero-order valence-corrected chi connectivity index (χ0v) is 11.9. The Morgan fingerprint density at radius 3 is 2.58 bits per heavy atom. The number of benzene rings is 1. The highest BCUT2D eigenvalue weighted by molar-refractivity contribution is 5.82. The molecule has 2 rings (SSSR count). The molecule has 0 radical (unpaired) electrons. The summed E-state index contributed by atoms with van der Waals surface area (Å²) in [4.78, 5) is 14.3. The van der Waals surface area contributed by atoms with Crippen molar-refractivity contribution in [3.63, 3.8) is 0 Å². The van der Waals surface area contributed by atoms with Crippen LogP contribution in [0.1, 0.15) is 31.7 Å². The van der Waals surface area contributed by atoms with E-state index in [-0.39, 0.29) is 11.8 Å². The molecule has 2 atom stereocenters. The molecule has 0 aromatic heterocycles. The largest absolute Gasteiger partial charge is 0.355 e.